The van der Waals surface area contributed by atoms with E-state index in [1.807, 2.05) is 0 Å². The number of anilines is 1. The van der Waals surface area contributed by atoms with Crippen molar-refractivity contribution in [2.24, 2.45) is 0 Å². The standard InChI is InChI=1S/C16H15Cl2F3N2O4/c1-7-9(16(19,20)21)5-10(17)11(18)12(7)22-13-8(15(26)27-2)6-23(3-4-24)14(13)25/h5,22,24H,3-4,6H2,1-2H3. The van der Waals surface area contributed by atoms with Gasteiger partial charge in [-0.2, -0.15) is 13.2 Å². The monoisotopic (exact) mass is 426 g/mol. The highest BCUT2D eigenvalue weighted by molar-refractivity contribution is 6.44. The predicted octanol–water partition coefficient (Wildman–Crippen LogP) is 2.99. The molecule has 0 unspecified atom stereocenters. The zero-order valence-corrected chi connectivity index (χ0v) is 15.7. The van der Waals surface area contributed by atoms with E-state index in [-0.39, 0.29) is 52.3 Å². The molecule has 148 valence electrons. The first kappa shape index (κ1) is 21.3. The van der Waals surface area contributed by atoms with Gasteiger partial charge in [-0.15, -0.1) is 0 Å². The van der Waals surface area contributed by atoms with E-state index in [1.54, 1.807) is 0 Å². The fourth-order valence-corrected chi connectivity index (χ4v) is 3.08. The molecule has 1 aliphatic rings. The van der Waals surface area contributed by atoms with Gasteiger partial charge in [0, 0.05) is 6.54 Å². The second-order valence-corrected chi connectivity index (χ2v) is 6.42. The summed E-state index contributed by atoms with van der Waals surface area (Å²) in [6.07, 6.45) is -4.70. The van der Waals surface area contributed by atoms with Crippen LogP contribution in [0.15, 0.2) is 17.3 Å². The number of carbonyl (C=O) groups excluding carboxylic acids is 2. The minimum absolute atomic E-state index is 0.0689. The highest BCUT2D eigenvalue weighted by Crippen LogP contribution is 2.42. The summed E-state index contributed by atoms with van der Waals surface area (Å²) in [7, 11) is 1.10. The molecule has 2 rings (SSSR count). The lowest BCUT2D eigenvalue weighted by atomic mass is 10.1. The van der Waals surface area contributed by atoms with E-state index >= 15 is 0 Å². The number of amides is 1. The molecule has 0 aromatic heterocycles. The highest BCUT2D eigenvalue weighted by Gasteiger charge is 2.38. The molecule has 1 aromatic rings. The molecule has 1 aliphatic heterocycles. The Labute approximate surface area is 162 Å². The molecule has 27 heavy (non-hydrogen) atoms. The molecule has 6 nitrogen and oxygen atoms in total. The number of methoxy groups -OCH3 is 1. The highest BCUT2D eigenvalue weighted by atomic mass is 35.5. The van der Waals surface area contributed by atoms with Crippen molar-refractivity contribution < 1.29 is 32.6 Å². The second kappa shape index (κ2) is 7.95. The molecule has 0 saturated heterocycles. The number of aliphatic hydroxyl groups is 1. The van der Waals surface area contributed by atoms with Crippen molar-refractivity contribution in [3.05, 3.63) is 38.5 Å². The topological polar surface area (TPSA) is 78.9 Å². The molecular weight excluding hydrogens is 412 g/mol. The summed E-state index contributed by atoms with van der Waals surface area (Å²) >= 11 is 11.9. The van der Waals surface area contributed by atoms with Crippen LogP contribution in [-0.4, -0.2) is 48.7 Å². The number of aliphatic hydroxyl groups excluding tert-OH is 1. The third kappa shape index (κ3) is 4.15. The van der Waals surface area contributed by atoms with E-state index < -0.39 is 23.6 Å². The first-order chi connectivity index (χ1) is 12.5. The average Bonchev–Trinajstić information content (AvgIpc) is 2.89. The number of nitrogens with zero attached hydrogens (tertiary/aromatic N) is 1. The lowest BCUT2D eigenvalue weighted by Crippen LogP contribution is -2.31. The zero-order valence-electron chi connectivity index (χ0n) is 14.2. The van der Waals surface area contributed by atoms with Crippen LogP contribution in [0.1, 0.15) is 11.1 Å². The number of ether oxygens (including phenoxy) is 1. The summed E-state index contributed by atoms with van der Waals surface area (Å²) in [4.78, 5) is 25.6. The van der Waals surface area contributed by atoms with Crippen molar-refractivity contribution in [2.75, 3.05) is 32.1 Å². The minimum Gasteiger partial charge on any atom is -0.466 e. The van der Waals surface area contributed by atoms with Crippen LogP contribution in [0.25, 0.3) is 0 Å². The summed E-state index contributed by atoms with van der Waals surface area (Å²) < 4.78 is 44.3. The van der Waals surface area contributed by atoms with E-state index in [2.05, 4.69) is 10.1 Å². The molecule has 11 heteroatoms. The normalized spacial score (nSPS) is 14.8. The largest absolute Gasteiger partial charge is 0.466 e. The van der Waals surface area contributed by atoms with Gasteiger partial charge < -0.3 is 20.1 Å². The molecule has 1 amide bonds. The van der Waals surface area contributed by atoms with Gasteiger partial charge in [-0.1, -0.05) is 23.2 Å². The summed E-state index contributed by atoms with van der Waals surface area (Å²) in [6.45, 7) is 0.567. The Bertz CT molecular complexity index is 825. The fourth-order valence-electron chi connectivity index (χ4n) is 2.63. The maximum absolute atomic E-state index is 13.2. The van der Waals surface area contributed by atoms with Crippen molar-refractivity contribution in [1.82, 2.24) is 4.90 Å². The first-order valence-electron chi connectivity index (χ1n) is 7.57. The van der Waals surface area contributed by atoms with Crippen molar-refractivity contribution in [3.63, 3.8) is 0 Å². The number of hydrogen-bond acceptors (Lipinski definition) is 5. The zero-order chi connectivity index (χ0) is 20.5. The molecule has 0 spiro atoms. The molecule has 0 atom stereocenters. The average molecular weight is 427 g/mol. The third-order valence-corrected chi connectivity index (χ3v) is 4.78. The smallest absolute Gasteiger partial charge is 0.416 e. The van der Waals surface area contributed by atoms with Gasteiger partial charge in [-0.3, -0.25) is 4.79 Å². The lowest BCUT2D eigenvalue weighted by Gasteiger charge is -2.19. The SMILES string of the molecule is COC(=O)C1=C(Nc2c(C)c(C(F)(F)F)cc(Cl)c2Cl)C(=O)N(CCO)C1. The number of halogens is 5. The molecular formula is C16H15Cl2F3N2O4. The quantitative estimate of drug-likeness (QED) is 0.707. The summed E-state index contributed by atoms with van der Waals surface area (Å²) in [6, 6.07) is 0.689. The number of rotatable bonds is 5. The van der Waals surface area contributed by atoms with Crippen LogP contribution >= 0.6 is 23.2 Å². The molecule has 1 heterocycles. The molecule has 0 saturated carbocycles. The Balaban J connectivity index is 2.58. The van der Waals surface area contributed by atoms with Gasteiger partial charge in [-0.05, 0) is 18.6 Å². The summed E-state index contributed by atoms with van der Waals surface area (Å²) in [5.74, 6) is -1.52. The number of hydrogen-bond donors (Lipinski definition) is 2. The van der Waals surface area contributed by atoms with E-state index in [0.29, 0.717) is 6.07 Å². The fraction of sp³-hybridized carbons (Fsp3) is 0.375. The van der Waals surface area contributed by atoms with Gasteiger partial charge in [0.15, 0.2) is 0 Å². The van der Waals surface area contributed by atoms with Crippen LogP contribution in [0.2, 0.25) is 10.0 Å². The van der Waals surface area contributed by atoms with E-state index in [1.165, 1.54) is 0 Å². The van der Waals surface area contributed by atoms with E-state index in [9.17, 15) is 22.8 Å². The predicted molar refractivity (Wildman–Crippen MR) is 92.5 cm³/mol. The maximum atomic E-state index is 13.2. The van der Waals surface area contributed by atoms with Gasteiger partial charge >= 0.3 is 12.1 Å². The Morgan fingerprint density at radius 2 is 2.04 bits per heavy atom. The van der Waals surface area contributed by atoms with Crippen LogP contribution in [0.3, 0.4) is 0 Å². The van der Waals surface area contributed by atoms with Crippen LogP contribution in [0.4, 0.5) is 18.9 Å². The minimum atomic E-state index is -4.70. The number of esters is 1. The van der Waals surface area contributed by atoms with Gasteiger partial charge in [0.1, 0.15) is 5.70 Å². The Kier molecular flexibility index (Phi) is 6.28. The van der Waals surface area contributed by atoms with Crippen molar-refractivity contribution in [2.45, 2.75) is 13.1 Å². The van der Waals surface area contributed by atoms with Crippen LogP contribution in [-0.2, 0) is 20.5 Å². The van der Waals surface area contributed by atoms with Crippen molar-refractivity contribution in [1.29, 1.82) is 0 Å². The first-order valence-corrected chi connectivity index (χ1v) is 8.32. The molecule has 2 N–H and O–H groups in total. The summed E-state index contributed by atoms with van der Waals surface area (Å²) in [5, 5.41) is 11.0. The van der Waals surface area contributed by atoms with Gasteiger partial charge in [0.2, 0.25) is 0 Å². The van der Waals surface area contributed by atoms with Gasteiger partial charge in [0.05, 0.1) is 47.1 Å². The lowest BCUT2D eigenvalue weighted by molar-refractivity contribution is -0.138. The number of carbonyl (C=O) groups is 2. The number of nitrogens with one attached hydrogen (secondary N) is 1. The number of benzene rings is 1. The Morgan fingerprint density at radius 1 is 1.41 bits per heavy atom. The molecule has 0 radical (unpaired) electrons. The molecule has 1 aromatic carbocycles. The second-order valence-electron chi connectivity index (χ2n) is 5.64. The molecule has 0 bridgehead atoms. The van der Waals surface area contributed by atoms with Crippen LogP contribution < -0.4 is 5.32 Å². The van der Waals surface area contributed by atoms with Gasteiger partial charge in [-0.25, -0.2) is 4.79 Å². The Hall–Kier alpha value is -1.97. The summed E-state index contributed by atoms with van der Waals surface area (Å²) in [5.41, 5.74) is -1.94. The van der Waals surface area contributed by atoms with Crippen molar-refractivity contribution in [3.8, 4) is 0 Å². The maximum Gasteiger partial charge on any atom is 0.416 e. The van der Waals surface area contributed by atoms with E-state index in [4.69, 9.17) is 28.3 Å². The number of alkyl halides is 3. The van der Waals surface area contributed by atoms with Crippen LogP contribution in [0.5, 0.6) is 0 Å². The van der Waals surface area contributed by atoms with Crippen molar-refractivity contribution >= 4 is 40.8 Å². The molecule has 0 aliphatic carbocycles. The number of β-amino-alcohol motifs (C(OH)–C–C–N with tert-alkyl or cyclic N) is 1. The van der Waals surface area contributed by atoms with Crippen LogP contribution in [0, 0.1) is 6.92 Å². The third-order valence-electron chi connectivity index (χ3n) is 3.99. The Morgan fingerprint density at radius 3 is 2.56 bits per heavy atom. The molecule has 0 fully saturated rings. The van der Waals surface area contributed by atoms with E-state index in [0.717, 1.165) is 18.9 Å². The van der Waals surface area contributed by atoms with Gasteiger partial charge in [0.25, 0.3) is 5.91 Å².